The molecule has 0 spiro atoms. The maximum Gasteiger partial charge on any atom is 0.332 e. The van der Waals surface area contributed by atoms with Crippen molar-refractivity contribution in [1.29, 1.82) is 0 Å². The van der Waals surface area contributed by atoms with Gasteiger partial charge in [0.05, 0.1) is 0 Å². The highest BCUT2D eigenvalue weighted by molar-refractivity contribution is 5.78. The largest absolute Gasteiger partial charge is 0.332 e. The summed E-state index contributed by atoms with van der Waals surface area (Å²) in [7, 11) is 1.54. The van der Waals surface area contributed by atoms with Gasteiger partial charge in [0.25, 0.3) is 11.5 Å². The van der Waals surface area contributed by atoms with Crippen LogP contribution in [0.5, 0.6) is 0 Å². The van der Waals surface area contributed by atoms with Gasteiger partial charge in [0.2, 0.25) is 5.95 Å². The third-order valence-corrected chi connectivity index (χ3v) is 4.99. The van der Waals surface area contributed by atoms with E-state index in [2.05, 4.69) is 11.1 Å². The highest BCUT2D eigenvalue weighted by Crippen LogP contribution is 2.31. The van der Waals surface area contributed by atoms with Crippen LogP contribution in [-0.2, 0) is 24.9 Å². The number of hydrogen-bond acceptors (Lipinski definition) is 6. The first kappa shape index (κ1) is 18.0. The molecular formula is C18H21N7O3. The predicted molar refractivity (Wildman–Crippen MR) is 104 cm³/mol. The van der Waals surface area contributed by atoms with E-state index in [9.17, 15) is 14.4 Å². The molecule has 1 aliphatic rings. The van der Waals surface area contributed by atoms with E-state index in [1.807, 2.05) is 40.0 Å². The van der Waals surface area contributed by atoms with Gasteiger partial charge in [-0.25, -0.2) is 15.2 Å². The number of carbonyl (C=O) groups excluding carboxylic acids is 1. The van der Waals surface area contributed by atoms with Crippen LogP contribution in [-0.4, -0.2) is 31.1 Å². The zero-order chi connectivity index (χ0) is 20.0. The van der Waals surface area contributed by atoms with Crippen molar-refractivity contribution in [2.24, 2.45) is 12.9 Å². The number of nitrogens with zero attached hydrogens (tertiary/aromatic N) is 5. The lowest BCUT2D eigenvalue weighted by atomic mass is 10.2. The molecule has 0 radical (unpaired) electrons. The van der Waals surface area contributed by atoms with Crippen molar-refractivity contribution < 1.29 is 4.79 Å². The SMILES string of the molecule is Cc1cccc(N2CCCn3c2nc2c3c(=O)n(CC(=O)NN)c(=O)n2C)c1. The Morgan fingerprint density at radius 3 is 2.79 bits per heavy atom. The summed E-state index contributed by atoms with van der Waals surface area (Å²) >= 11 is 0. The first-order valence-electron chi connectivity index (χ1n) is 8.96. The Morgan fingerprint density at radius 2 is 2.07 bits per heavy atom. The number of aryl methyl sites for hydroxylation is 3. The molecule has 2 aromatic heterocycles. The molecule has 0 fully saturated rings. The van der Waals surface area contributed by atoms with Gasteiger partial charge in [-0.3, -0.25) is 19.6 Å². The highest BCUT2D eigenvalue weighted by atomic mass is 16.2. The van der Waals surface area contributed by atoms with Crippen LogP contribution in [0.2, 0.25) is 0 Å². The molecule has 3 heterocycles. The minimum Gasteiger partial charge on any atom is -0.312 e. The first-order chi connectivity index (χ1) is 13.4. The fourth-order valence-corrected chi connectivity index (χ4v) is 3.63. The third-order valence-electron chi connectivity index (χ3n) is 4.99. The summed E-state index contributed by atoms with van der Waals surface area (Å²) < 4.78 is 3.99. The molecule has 4 rings (SSSR count). The first-order valence-corrected chi connectivity index (χ1v) is 8.96. The molecule has 0 aliphatic carbocycles. The summed E-state index contributed by atoms with van der Waals surface area (Å²) in [6, 6.07) is 8.03. The Kier molecular flexibility index (Phi) is 4.27. The van der Waals surface area contributed by atoms with Crippen molar-refractivity contribution in [3.05, 3.63) is 50.7 Å². The summed E-state index contributed by atoms with van der Waals surface area (Å²) in [5, 5.41) is 0. The van der Waals surface area contributed by atoms with Crippen LogP contribution in [0.15, 0.2) is 33.9 Å². The summed E-state index contributed by atoms with van der Waals surface area (Å²) in [4.78, 5) is 43.9. The maximum absolute atomic E-state index is 13.0. The highest BCUT2D eigenvalue weighted by Gasteiger charge is 2.27. The molecule has 3 N–H and O–H groups in total. The van der Waals surface area contributed by atoms with Crippen LogP contribution in [0.4, 0.5) is 11.6 Å². The Bertz CT molecular complexity index is 1200. The Morgan fingerprint density at radius 1 is 1.29 bits per heavy atom. The number of benzene rings is 1. The number of aromatic nitrogens is 4. The molecule has 28 heavy (non-hydrogen) atoms. The summed E-state index contributed by atoms with van der Waals surface area (Å²) in [5.74, 6) is 5.09. The lowest BCUT2D eigenvalue weighted by Gasteiger charge is -2.29. The summed E-state index contributed by atoms with van der Waals surface area (Å²) in [5.41, 5.74) is 3.49. The molecule has 1 aromatic carbocycles. The second-order valence-electron chi connectivity index (χ2n) is 6.88. The number of carbonyl (C=O) groups is 1. The molecule has 3 aromatic rings. The average molecular weight is 383 g/mol. The van der Waals surface area contributed by atoms with Crippen molar-refractivity contribution in [2.45, 2.75) is 26.4 Å². The van der Waals surface area contributed by atoms with Crippen molar-refractivity contribution in [1.82, 2.24) is 24.1 Å². The quantitative estimate of drug-likeness (QED) is 0.365. The molecule has 1 aliphatic heterocycles. The molecule has 146 valence electrons. The number of nitrogens with one attached hydrogen (secondary N) is 1. The number of fused-ring (bicyclic) bond motifs is 3. The smallest absolute Gasteiger partial charge is 0.312 e. The number of amides is 1. The van der Waals surface area contributed by atoms with E-state index in [1.54, 1.807) is 0 Å². The lowest BCUT2D eigenvalue weighted by molar-refractivity contribution is -0.121. The molecule has 0 saturated carbocycles. The normalized spacial score (nSPS) is 13.6. The van der Waals surface area contributed by atoms with Crippen LogP contribution < -0.4 is 27.4 Å². The van der Waals surface area contributed by atoms with Gasteiger partial charge in [-0.05, 0) is 31.0 Å². The van der Waals surface area contributed by atoms with E-state index in [0.29, 0.717) is 23.7 Å². The van der Waals surface area contributed by atoms with Crippen molar-refractivity contribution in [3.63, 3.8) is 0 Å². The minimum atomic E-state index is -0.627. The number of nitrogens with two attached hydrogens (primary N) is 1. The molecule has 0 bridgehead atoms. The molecule has 0 unspecified atom stereocenters. The standard InChI is InChI=1S/C18H21N7O3/c1-11-5-3-6-12(9-11)23-7-4-8-24-14-15(20-17(23)24)22(2)18(28)25(16(14)27)10-13(26)21-19/h3,5-6,9H,4,7-8,10,19H2,1-2H3,(H,21,26). The summed E-state index contributed by atoms with van der Waals surface area (Å²) in [6.07, 6.45) is 0.817. The second-order valence-corrected chi connectivity index (χ2v) is 6.88. The predicted octanol–water partition coefficient (Wildman–Crippen LogP) is -0.263. The minimum absolute atomic E-state index is 0.300. The van der Waals surface area contributed by atoms with Gasteiger partial charge in [0.1, 0.15) is 6.54 Å². The average Bonchev–Trinajstić information content (AvgIpc) is 3.09. The number of anilines is 2. The van der Waals surface area contributed by atoms with E-state index in [4.69, 9.17) is 5.84 Å². The topological polar surface area (TPSA) is 120 Å². The van der Waals surface area contributed by atoms with Crippen LogP contribution in [0, 0.1) is 6.92 Å². The number of rotatable bonds is 3. The Balaban J connectivity index is 1.96. The van der Waals surface area contributed by atoms with Crippen molar-refractivity contribution >= 4 is 28.7 Å². The molecular weight excluding hydrogens is 362 g/mol. The zero-order valence-corrected chi connectivity index (χ0v) is 15.7. The van der Waals surface area contributed by atoms with Crippen molar-refractivity contribution in [2.75, 3.05) is 11.4 Å². The Labute approximate surface area is 159 Å². The molecule has 10 heteroatoms. The zero-order valence-electron chi connectivity index (χ0n) is 15.7. The van der Waals surface area contributed by atoms with E-state index in [-0.39, 0.29) is 0 Å². The monoisotopic (exact) mass is 383 g/mol. The van der Waals surface area contributed by atoms with Gasteiger partial charge in [-0.2, -0.15) is 4.98 Å². The molecule has 1 amide bonds. The second kappa shape index (κ2) is 6.64. The molecule has 10 nitrogen and oxygen atoms in total. The fraction of sp³-hybridized carbons (Fsp3) is 0.333. The number of imidazole rings is 1. The van der Waals surface area contributed by atoms with Gasteiger partial charge < -0.3 is 9.47 Å². The molecule has 0 saturated heterocycles. The van der Waals surface area contributed by atoms with Crippen LogP contribution >= 0.6 is 0 Å². The van der Waals surface area contributed by atoms with Gasteiger partial charge in [0.15, 0.2) is 11.2 Å². The van der Waals surface area contributed by atoms with E-state index >= 15 is 0 Å². The Hall–Kier alpha value is -3.40. The molecule has 0 atom stereocenters. The van der Waals surface area contributed by atoms with Crippen LogP contribution in [0.1, 0.15) is 12.0 Å². The van der Waals surface area contributed by atoms with E-state index in [1.165, 1.54) is 11.6 Å². The fourth-order valence-electron chi connectivity index (χ4n) is 3.63. The maximum atomic E-state index is 13.0. The van der Waals surface area contributed by atoms with Gasteiger partial charge >= 0.3 is 5.69 Å². The number of hydrogen-bond donors (Lipinski definition) is 2. The van der Waals surface area contributed by atoms with Gasteiger partial charge in [0, 0.05) is 25.8 Å². The number of hydrazine groups is 1. The van der Waals surface area contributed by atoms with E-state index in [0.717, 1.165) is 28.8 Å². The van der Waals surface area contributed by atoms with Gasteiger partial charge in [-0.15, -0.1) is 0 Å². The van der Waals surface area contributed by atoms with Gasteiger partial charge in [-0.1, -0.05) is 12.1 Å². The van der Waals surface area contributed by atoms with Crippen LogP contribution in [0.25, 0.3) is 11.2 Å². The third kappa shape index (κ3) is 2.69. The summed E-state index contributed by atoms with van der Waals surface area (Å²) in [6.45, 7) is 2.93. The van der Waals surface area contributed by atoms with Crippen molar-refractivity contribution in [3.8, 4) is 0 Å². The van der Waals surface area contributed by atoms with Crippen LogP contribution in [0.3, 0.4) is 0 Å². The van der Waals surface area contributed by atoms with E-state index < -0.39 is 23.7 Å². The lowest BCUT2D eigenvalue weighted by Crippen LogP contribution is -2.45.